The van der Waals surface area contributed by atoms with E-state index < -0.39 is 12.0 Å². The lowest BCUT2D eigenvalue weighted by Crippen LogP contribution is -2.48. The van der Waals surface area contributed by atoms with Crippen molar-refractivity contribution in [1.29, 1.82) is 0 Å². The van der Waals surface area contributed by atoms with Crippen LogP contribution in [0.1, 0.15) is 32.6 Å². The second-order valence-corrected chi connectivity index (χ2v) is 6.22. The molecule has 2 atom stereocenters. The highest BCUT2D eigenvalue weighted by molar-refractivity contribution is 5.83. The van der Waals surface area contributed by atoms with Crippen LogP contribution in [0.4, 0.5) is 0 Å². The largest absolute Gasteiger partial charge is 0.494 e. The summed E-state index contributed by atoms with van der Waals surface area (Å²) in [4.78, 5) is 23.5. The van der Waals surface area contributed by atoms with Crippen molar-refractivity contribution in [2.45, 2.75) is 38.6 Å². The maximum absolute atomic E-state index is 12.0. The van der Waals surface area contributed by atoms with Gasteiger partial charge in [-0.3, -0.25) is 4.79 Å². The van der Waals surface area contributed by atoms with Gasteiger partial charge in [-0.1, -0.05) is 0 Å². The molecule has 1 aliphatic rings. The first kappa shape index (κ1) is 20.0. The van der Waals surface area contributed by atoms with Gasteiger partial charge in [0.1, 0.15) is 17.5 Å². The number of amides is 1. The molecule has 1 saturated heterocycles. The highest BCUT2D eigenvalue weighted by atomic mass is 16.5. The number of carboxylic acids is 1. The van der Waals surface area contributed by atoms with Gasteiger partial charge < -0.3 is 24.6 Å². The molecule has 1 amide bonds. The lowest BCUT2D eigenvalue weighted by molar-refractivity contribution is -0.145. The van der Waals surface area contributed by atoms with Crippen molar-refractivity contribution >= 4 is 11.9 Å². The Morgan fingerprint density at radius 2 is 1.96 bits per heavy atom. The molecule has 0 spiro atoms. The Morgan fingerprint density at radius 1 is 1.27 bits per heavy atom. The Hall–Kier alpha value is -2.28. The Labute approximate surface area is 153 Å². The summed E-state index contributed by atoms with van der Waals surface area (Å²) in [5, 5.41) is 12.0. The Balaban J connectivity index is 1.69. The van der Waals surface area contributed by atoms with E-state index in [1.54, 1.807) is 0 Å². The van der Waals surface area contributed by atoms with E-state index in [-0.39, 0.29) is 18.2 Å². The second kappa shape index (κ2) is 10.7. The molecule has 2 N–H and O–H groups in total. The van der Waals surface area contributed by atoms with Crippen molar-refractivity contribution in [3.63, 3.8) is 0 Å². The SMILES string of the molecule is CCOc1ccc(OCCCC(=O)NC(C(=O)O)C2CCCOC2)cc1. The Kier molecular flexibility index (Phi) is 8.21. The first-order valence-electron chi connectivity index (χ1n) is 9.05. The summed E-state index contributed by atoms with van der Waals surface area (Å²) in [6, 6.07) is 6.39. The summed E-state index contributed by atoms with van der Waals surface area (Å²) >= 11 is 0. The number of carboxylic acid groups (broad SMARTS) is 1. The third-order valence-corrected chi connectivity index (χ3v) is 4.20. The zero-order valence-electron chi connectivity index (χ0n) is 15.1. The van der Waals surface area contributed by atoms with Crippen molar-refractivity contribution < 1.29 is 28.9 Å². The van der Waals surface area contributed by atoms with Gasteiger partial charge in [0.15, 0.2) is 0 Å². The standard InChI is InChI=1S/C19H27NO6/c1-2-25-15-7-9-16(10-8-15)26-12-4-6-17(21)20-18(19(22)23)14-5-3-11-24-13-14/h7-10,14,18H,2-6,11-13H2,1H3,(H,20,21)(H,22,23). The molecule has 0 aromatic heterocycles. The van der Waals surface area contributed by atoms with Gasteiger partial charge in [-0.05, 0) is 50.5 Å². The van der Waals surface area contributed by atoms with Crippen molar-refractivity contribution in [3.05, 3.63) is 24.3 Å². The monoisotopic (exact) mass is 365 g/mol. The van der Waals surface area contributed by atoms with Gasteiger partial charge in [-0.25, -0.2) is 4.79 Å². The quantitative estimate of drug-likeness (QED) is 0.618. The number of carbonyl (C=O) groups is 2. The molecule has 0 aliphatic carbocycles. The zero-order chi connectivity index (χ0) is 18.8. The minimum Gasteiger partial charge on any atom is -0.494 e. The summed E-state index contributed by atoms with van der Waals surface area (Å²) in [5.74, 6) is 0.0188. The van der Waals surface area contributed by atoms with E-state index in [1.165, 1.54) is 0 Å². The first-order valence-corrected chi connectivity index (χ1v) is 9.05. The van der Waals surface area contributed by atoms with E-state index in [0.29, 0.717) is 38.6 Å². The van der Waals surface area contributed by atoms with Crippen LogP contribution < -0.4 is 14.8 Å². The fourth-order valence-corrected chi connectivity index (χ4v) is 2.88. The van der Waals surface area contributed by atoms with Crippen LogP contribution in [0.2, 0.25) is 0 Å². The van der Waals surface area contributed by atoms with Gasteiger partial charge >= 0.3 is 5.97 Å². The molecule has 0 saturated carbocycles. The summed E-state index contributed by atoms with van der Waals surface area (Å²) < 4.78 is 16.3. The molecule has 0 bridgehead atoms. The van der Waals surface area contributed by atoms with E-state index in [0.717, 1.165) is 18.6 Å². The molecule has 1 fully saturated rings. The second-order valence-electron chi connectivity index (χ2n) is 6.22. The number of hydrogen-bond donors (Lipinski definition) is 2. The predicted molar refractivity (Wildman–Crippen MR) is 95.4 cm³/mol. The molecule has 26 heavy (non-hydrogen) atoms. The predicted octanol–water partition coefficient (Wildman–Crippen LogP) is 2.24. The Morgan fingerprint density at radius 3 is 2.54 bits per heavy atom. The Bertz CT molecular complexity index is 568. The summed E-state index contributed by atoms with van der Waals surface area (Å²) in [6.45, 7) is 3.94. The fourth-order valence-electron chi connectivity index (χ4n) is 2.88. The van der Waals surface area contributed by atoms with Crippen molar-refractivity contribution in [2.24, 2.45) is 5.92 Å². The minimum absolute atomic E-state index is 0.176. The molecular formula is C19H27NO6. The maximum atomic E-state index is 12.0. The molecule has 1 heterocycles. The molecule has 144 valence electrons. The van der Waals surface area contributed by atoms with Gasteiger partial charge in [0.05, 0.1) is 19.8 Å². The van der Waals surface area contributed by atoms with E-state index >= 15 is 0 Å². The molecule has 1 aromatic rings. The number of ether oxygens (including phenoxy) is 3. The van der Waals surface area contributed by atoms with Crippen LogP contribution in [-0.4, -0.2) is 49.5 Å². The smallest absolute Gasteiger partial charge is 0.326 e. The molecule has 7 heteroatoms. The van der Waals surface area contributed by atoms with Crippen LogP contribution in [0.15, 0.2) is 24.3 Å². The average molecular weight is 365 g/mol. The molecule has 0 radical (unpaired) electrons. The van der Waals surface area contributed by atoms with Crippen molar-refractivity contribution in [1.82, 2.24) is 5.32 Å². The van der Waals surface area contributed by atoms with E-state index in [2.05, 4.69) is 5.32 Å². The van der Waals surface area contributed by atoms with Crippen LogP contribution in [0, 0.1) is 5.92 Å². The van der Waals surface area contributed by atoms with Crippen LogP contribution in [-0.2, 0) is 14.3 Å². The molecule has 2 unspecified atom stereocenters. The lowest BCUT2D eigenvalue weighted by atomic mass is 9.93. The molecule has 2 rings (SSSR count). The van der Waals surface area contributed by atoms with Crippen LogP contribution in [0.25, 0.3) is 0 Å². The molecule has 1 aromatic carbocycles. The average Bonchev–Trinajstić information content (AvgIpc) is 2.65. The van der Waals surface area contributed by atoms with Gasteiger partial charge in [0.25, 0.3) is 0 Å². The number of hydrogen-bond acceptors (Lipinski definition) is 5. The summed E-state index contributed by atoms with van der Waals surface area (Å²) in [5.41, 5.74) is 0. The van der Waals surface area contributed by atoms with Crippen LogP contribution in [0.5, 0.6) is 11.5 Å². The molecule has 7 nitrogen and oxygen atoms in total. The van der Waals surface area contributed by atoms with Crippen LogP contribution in [0.3, 0.4) is 0 Å². The summed E-state index contributed by atoms with van der Waals surface area (Å²) in [6.07, 6.45) is 2.29. The van der Waals surface area contributed by atoms with Gasteiger partial charge in [0.2, 0.25) is 5.91 Å². The number of carbonyl (C=O) groups excluding carboxylic acids is 1. The molecular weight excluding hydrogens is 338 g/mol. The third kappa shape index (κ3) is 6.55. The lowest BCUT2D eigenvalue weighted by Gasteiger charge is -2.28. The van der Waals surface area contributed by atoms with Crippen molar-refractivity contribution in [3.8, 4) is 11.5 Å². The minimum atomic E-state index is -1.01. The van der Waals surface area contributed by atoms with Crippen molar-refractivity contribution in [2.75, 3.05) is 26.4 Å². The van der Waals surface area contributed by atoms with Crippen LogP contribution >= 0.6 is 0 Å². The fraction of sp³-hybridized carbons (Fsp3) is 0.579. The number of rotatable bonds is 10. The van der Waals surface area contributed by atoms with Gasteiger partial charge in [-0.15, -0.1) is 0 Å². The zero-order valence-corrected chi connectivity index (χ0v) is 15.1. The first-order chi connectivity index (χ1) is 12.6. The summed E-state index contributed by atoms with van der Waals surface area (Å²) in [7, 11) is 0. The van der Waals surface area contributed by atoms with Gasteiger partial charge in [-0.2, -0.15) is 0 Å². The number of benzene rings is 1. The topological polar surface area (TPSA) is 94.1 Å². The number of aliphatic carboxylic acids is 1. The normalized spacial score (nSPS) is 18.0. The molecule has 1 aliphatic heterocycles. The maximum Gasteiger partial charge on any atom is 0.326 e. The van der Waals surface area contributed by atoms with E-state index in [9.17, 15) is 14.7 Å². The van der Waals surface area contributed by atoms with E-state index in [1.807, 2.05) is 31.2 Å². The highest BCUT2D eigenvalue weighted by Gasteiger charge is 2.31. The number of nitrogens with one attached hydrogen (secondary N) is 1. The van der Waals surface area contributed by atoms with E-state index in [4.69, 9.17) is 14.2 Å². The highest BCUT2D eigenvalue weighted by Crippen LogP contribution is 2.19. The third-order valence-electron chi connectivity index (χ3n) is 4.20. The van der Waals surface area contributed by atoms with Gasteiger partial charge in [0, 0.05) is 18.9 Å².